The number of nitrogens with zero attached hydrogens (tertiary/aromatic N) is 3. The van der Waals surface area contributed by atoms with Gasteiger partial charge in [-0.25, -0.2) is 9.97 Å². The molecule has 5 nitrogen and oxygen atoms in total. The van der Waals surface area contributed by atoms with Gasteiger partial charge in [0.05, 0.1) is 11.4 Å². The van der Waals surface area contributed by atoms with Crippen molar-refractivity contribution in [2.75, 3.05) is 7.05 Å². The van der Waals surface area contributed by atoms with Gasteiger partial charge in [0, 0.05) is 24.4 Å². The van der Waals surface area contributed by atoms with E-state index in [1.165, 1.54) is 6.33 Å². The van der Waals surface area contributed by atoms with Crippen molar-refractivity contribution in [3.63, 3.8) is 0 Å². The van der Waals surface area contributed by atoms with Crippen molar-refractivity contribution in [3.8, 4) is 11.6 Å². The molecule has 0 aliphatic rings. The molecule has 0 unspecified atom stereocenters. The first-order chi connectivity index (χ1) is 9.61. The number of aliphatic imine (C=N–C) groups is 1. The van der Waals surface area contributed by atoms with Gasteiger partial charge in [0.1, 0.15) is 12.1 Å². The molecule has 1 aromatic carbocycles. The van der Waals surface area contributed by atoms with E-state index in [2.05, 4.69) is 15.0 Å². The minimum Gasteiger partial charge on any atom is -0.438 e. The van der Waals surface area contributed by atoms with Crippen LogP contribution in [0.3, 0.4) is 0 Å². The summed E-state index contributed by atoms with van der Waals surface area (Å²) in [5, 5.41) is 8.14. The Labute approximate surface area is 117 Å². The average molecular weight is 268 g/mol. The summed E-state index contributed by atoms with van der Waals surface area (Å²) in [6.45, 7) is 3.67. The standard InChI is InChI=1S/C15H16N4O/c1-10-8-14(19-9-18-10)20-13-7-5-4-6-12(13)15(16)11(2)17-3/h4-9,16H,1-3H3. The molecule has 0 aliphatic carbocycles. The highest BCUT2D eigenvalue weighted by atomic mass is 16.5. The summed E-state index contributed by atoms with van der Waals surface area (Å²) < 4.78 is 5.76. The summed E-state index contributed by atoms with van der Waals surface area (Å²) in [6, 6.07) is 9.12. The molecule has 0 radical (unpaired) electrons. The number of para-hydroxylation sites is 1. The zero-order valence-corrected chi connectivity index (χ0v) is 11.7. The van der Waals surface area contributed by atoms with Crippen molar-refractivity contribution < 1.29 is 4.74 Å². The minimum atomic E-state index is 0.342. The molecule has 0 fully saturated rings. The molecule has 2 aromatic rings. The van der Waals surface area contributed by atoms with Gasteiger partial charge in [-0.15, -0.1) is 0 Å². The number of aryl methyl sites for hydroxylation is 1. The van der Waals surface area contributed by atoms with Crippen LogP contribution in [-0.2, 0) is 0 Å². The Balaban J connectivity index is 2.36. The van der Waals surface area contributed by atoms with Crippen LogP contribution in [0, 0.1) is 12.3 Å². The van der Waals surface area contributed by atoms with Crippen LogP contribution >= 0.6 is 0 Å². The van der Waals surface area contributed by atoms with Crippen LogP contribution in [0.5, 0.6) is 11.6 Å². The maximum atomic E-state index is 8.14. The summed E-state index contributed by atoms with van der Waals surface area (Å²) in [5.74, 6) is 1.04. The molecule has 0 bridgehead atoms. The summed E-state index contributed by atoms with van der Waals surface area (Å²) in [4.78, 5) is 12.1. The monoisotopic (exact) mass is 268 g/mol. The van der Waals surface area contributed by atoms with E-state index < -0.39 is 0 Å². The number of rotatable bonds is 4. The van der Waals surface area contributed by atoms with Gasteiger partial charge >= 0.3 is 0 Å². The Kier molecular flexibility index (Phi) is 4.20. The predicted octanol–water partition coefficient (Wildman–Crippen LogP) is 3.04. The van der Waals surface area contributed by atoms with Crippen LogP contribution < -0.4 is 4.74 Å². The van der Waals surface area contributed by atoms with Crippen molar-refractivity contribution in [1.29, 1.82) is 5.41 Å². The molecule has 0 aliphatic heterocycles. The fourth-order valence-corrected chi connectivity index (χ4v) is 1.67. The highest BCUT2D eigenvalue weighted by Gasteiger charge is 2.12. The van der Waals surface area contributed by atoms with Crippen LogP contribution in [0.25, 0.3) is 0 Å². The Hall–Kier alpha value is -2.56. The van der Waals surface area contributed by atoms with Gasteiger partial charge in [-0.2, -0.15) is 0 Å². The average Bonchev–Trinajstić information content (AvgIpc) is 2.46. The Morgan fingerprint density at radius 1 is 1.25 bits per heavy atom. The summed E-state index contributed by atoms with van der Waals surface area (Å²) >= 11 is 0. The lowest BCUT2D eigenvalue weighted by molar-refractivity contribution is 0.460. The molecule has 0 atom stereocenters. The third-order valence-corrected chi connectivity index (χ3v) is 2.85. The molecule has 20 heavy (non-hydrogen) atoms. The molecule has 2 rings (SSSR count). The quantitative estimate of drug-likeness (QED) is 0.866. The highest BCUT2D eigenvalue weighted by Crippen LogP contribution is 2.24. The van der Waals surface area contributed by atoms with Crippen LogP contribution in [0.2, 0.25) is 0 Å². The summed E-state index contributed by atoms with van der Waals surface area (Å²) in [5.41, 5.74) is 2.51. The third kappa shape index (κ3) is 3.06. The van der Waals surface area contributed by atoms with E-state index in [0.29, 0.717) is 28.6 Å². The van der Waals surface area contributed by atoms with E-state index >= 15 is 0 Å². The molecule has 0 saturated heterocycles. The van der Waals surface area contributed by atoms with Crippen molar-refractivity contribution in [3.05, 3.63) is 47.9 Å². The molecule has 0 spiro atoms. The van der Waals surface area contributed by atoms with Gasteiger partial charge in [0.2, 0.25) is 5.88 Å². The van der Waals surface area contributed by atoms with Gasteiger partial charge < -0.3 is 4.74 Å². The second-order valence-corrected chi connectivity index (χ2v) is 4.28. The molecular formula is C15H16N4O. The van der Waals surface area contributed by atoms with Crippen LogP contribution in [0.4, 0.5) is 0 Å². The fourth-order valence-electron chi connectivity index (χ4n) is 1.67. The number of ether oxygens (including phenoxy) is 1. The first-order valence-corrected chi connectivity index (χ1v) is 6.20. The normalized spacial score (nSPS) is 11.2. The Bertz CT molecular complexity index is 664. The molecule has 102 valence electrons. The van der Waals surface area contributed by atoms with Crippen molar-refractivity contribution in [1.82, 2.24) is 9.97 Å². The predicted molar refractivity (Wildman–Crippen MR) is 79.1 cm³/mol. The molecular weight excluding hydrogens is 252 g/mol. The van der Waals surface area contributed by atoms with Crippen LogP contribution in [-0.4, -0.2) is 28.4 Å². The number of hydrogen-bond acceptors (Lipinski definition) is 5. The van der Waals surface area contributed by atoms with Crippen molar-refractivity contribution >= 4 is 11.4 Å². The number of benzene rings is 1. The lowest BCUT2D eigenvalue weighted by Gasteiger charge is -2.11. The second kappa shape index (κ2) is 6.06. The first-order valence-electron chi connectivity index (χ1n) is 6.20. The van der Waals surface area contributed by atoms with E-state index in [9.17, 15) is 0 Å². The first kappa shape index (κ1) is 13.9. The Morgan fingerprint density at radius 2 is 2.00 bits per heavy atom. The zero-order chi connectivity index (χ0) is 14.5. The van der Waals surface area contributed by atoms with Crippen LogP contribution in [0.1, 0.15) is 18.2 Å². The molecule has 1 aromatic heterocycles. The molecule has 1 heterocycles. The van der Waals surface area contributed by atoms with Gasteiger partial charge in [-0.3, -0.25) is 10.4 Å². The van der Waals surface area contributed by atoms with Gasteiger partial charge in [0.25, 0.3) is 0 Å². The summed E-state index contributed by atoms with van der Waals surface area (Å²) in [6.07, 6.45) is 1.46. The molecule has 1 N–H and O–H groups in total. The highest BCUT2D eigenvalue weighted by molar-refractivity contribution is 6.46. The Morgan fingerprint density at radius 3 is 2.70 bits per heavy atom. The van der Waals surface area contributed by atoms with E-state index in [-0.39, 0.29) is 0 Å². The smallest absolute Gasteiger partial charge is 0.222 e. The molecule has 5 heteroatoms. The van der Waals surface area contributed by atoms with Crippen molar-refractivity contribution in [2.45, 2.75) is 13.8 Å². The lowest BCUT2D eigenvalue weighted by atomic mass is 10.1. The van der Waals surface area contributed by atoms with E-state index in [4.69, 9.17) is 10.1 Å². The SMILES string of the molecule is CN=C(C)C(=N)c1ccccc1Oc1cc(C)ncn1. The minimum absolute atomic E-state index is 0.342. The topological polar surface area (TPSA) is 71.2 Å². The van der Waals surface area contributed by atoms with Crippen molar-refractivity contribution in [2.24, 2.45) is 4.99 Å². The van der Waals surface area contributed by atoms with Gasteiger partial charge in [-0.05, 0) is 26.0 Å². The van der Waals surface area contributed by atoms with E-state index in [1.54, 1.807) is 20.0 Å². The molecule has 0 amide bonds. The van der Waals surface area contributed by atoms with Gasteiger partial charge in [0.15, 0.2) is 0 Å². The van der Waals surface area contributed by atoms with E-state index in [0.717, 1.165) is 5.69 Å². The molecule has 0 saturated carbocycles. The number of aromatic nitrogens is 2. The van der Waals surface area contributed by atoms with Crippen LogP contribution in [0.15, 0.2) is 41.7 Å². The summed E-state index contributed by atoms with van der Waals surface area (Å²) in [7, 11) is 1.67. The lowest BCUT2D eigenvalue weighted by Crippen LogP contribution is -2.11. The fraction of sp³-hybridized carbons (Fsp3) is 0.200. The largest absolute Gasteiger partial charge is 0.438 e. The second-order valence-electron chi connectivity index (χ2n) is 4.28. The van der Waals surface area contributed by atoms with Gasteiger partial charge in [-0.1, -0.05) is 12.1 Å². The zero-order valence-electron chi connectivity index (χ0n) is 11.7. The van der Waals surface area contributed by atoms with E-state index in [1.807, 2.05) is 31.2 Å². The maximum Gasteiger partial charge on any atom is 0.222 e. The number of hydrogen-bond donors (Lipinski definition) is 1. The maximum absolute atomic E-state index is 8.14. The third-order valence-electron chi connectivity index (χ3n) is 2.85. The number of nitrogens with one attached hydrogen (secondary N) is 1.